The van der Waals surface area contributed by atoms with E-state index in [1.165, 1.54) is 12.1 Å². The van der Waals surface area contributed by atoms with Gasteiger partial charge in [-0.15, -0.1) is 0 Å². The second kappa shape index (κ2) is 6.92. The second-order valence-corrected chi connectivity index (χ2v) is 7.93. The van der Waals surface area contributed by atoms with Gasteiger partial charge < -0.3 is 20.3 Å². The lowest BCUT2D eigenvalue weighted by Gasteiger charge is -2.54. The number of hydrogen-bond acceptors (Lipinski definition) is 3. The fourth-order valence-electron chi connectivity index (χ4n) is 4.28. The van der Waals surface area contributed by atoms with Gasteiger partial charge in [0.1, 0.15) is 5.82 Å². The summed E-state index contributed by atoms with van der Waals surface area (Å²) in [5.74, 6) is 0.162. The number of benzene rings is 1. The van der Waals surface area contributed by atoms with Crippen LogP contribution in [0.5, 0.6) is 0 Å². The first-order valence-corrected chi connectivity index (χ1v) is 8.88. The Morgan fingerprint density at radius 3 is 2.68 bits per heavy atom. The standard InChI is InChI=1S/C19H28FN3O2/c1-19(2)16(14-9-10-25-17(14)19)22-18(24)21-11-15(23(3)4)12-5-7-13(20)8-6-12/h5-8,14-17H,9-11H2,1-4H3,(H2,21,22,24)/t14-,15+,16+,17+/m0/s1. The van der Waals surface area contributed by atoms with Crippen molar-refractivity contribution in [3.05, 3.63) is 35.6 Å². The molecule has 1 aliphatic heterocycles. The summed E-state index contributed by atoms with van der Waals surface area (Å²) in [6, 6.07) is 6.39. The maximum atomic E-state index is 13.1. The number of nitrogens with one attached hydrogen (secondary N) is 2. The minimum absolute atomic E-state index is 0.0108. The Labute approximate surface area is 148 Å². The third-order valence-electron chi connectivity index (χ3n) is 5.72. The van der Waals surface area contributed by atoms with E-state index in [9.17, 15) is 9.18 Å². The zero-order valence-corrected chi connectivity index (χ0v) is 15.4. The van der Waals surface area contributed by atoms with Crippen molar-refractivity contribution in [3.63, 3.8) is 0 Å². The highest BCUT2D eigenvalue weighted by molar-refractivity contribution is 5.74. The summed E-state index contributed by atoms with van der Waals surface area (Å²) in [5.41, 5.74) is 0.941. The lowest BCUT2D eigenvalue weighted by Crippen LogP contribution is -2.67. The molecule has 138 valence electrons. The first-order chi connectivity index (χ1) is 11.8. The predicted molar refractivity (Wildman–Crippen MR) is 94.8 cm³/mol. The molecule has 2 amide bonds. The topological polar surface area (TPSA) is 53.6 Å². The minimum atomic E-state index is -0.257. The zero-order valence-electron chi connectivity index (χ0n) is 15.4. The maximum Gasteiger partial charge on any atom is 0.315 e. The molecule has 1 aliphatic carbocycles. The van der Waals surface area contributed by atoms with Crippen LogP contribution in [0.25, 0.3) is 0 Å². The maximum absolute atomic E-state index is 13.1. The summed E-state index contributed by atoms with van der Waals surface area (Å²) in [6.45, 7) is 5.53. The molecule has 1 heterocycles. The molecule has 5 nitrogen and oxygen atoms in total. The number of ether oxygens (including phenoxy) is 1. The first kappa shape index (κ1) is 18.1. The van der Waals surface area contributed by atoms with Crippen LogP contribution in [0.2, 0.25) is 0 Å². The molecular formula is C19H28FN3O2. The van der Waals surface area contributed by atoms with Gasteiger partial charge >= 0.3 is 6.03 Å². The van der Waals surface area contributed by atoms with Crippen LogP contribution >= 0.6 is 0 Å². The molecule has 25 heavy (non-hydrogen) atoms. The lowest BCUT2D eigenvalue weighted by molar-refractivity contribution is -0.108. The fraction of sp³-hybridized carbons (Fsp3) is 0.632. The Morgan fingerprint density at radius 2 is 2.04 bits per heavy atom. The van der Waals surface area contributed by atoms with Crippen LogP contribution < -0.4 is 10.6 Å². The van der Waals surface area contributed by atoms with E-state index in [1.807, 2.05) is 19.0 Å². The number of fused-ring (bicyclic) bond motifs is 1. The van der Waals surface area contributed by atoms with Crippen LogP contribution in [0.15, 0.2) is 24.3 Å². The average Bonchev–Trinajstić information content (AvgIpc) is 3.01. The minimum Gasteiger partial charge on any atom is -0.377 e. The molecule has 1 aromatic rings. The Balaban J connectivity index is 1.56. The monoisotopic (exact) mass is 349 g/mol. The third-order valence-corrected chi connectivity index (χ3v) is 5.72. The van der Waals surface area contributed by atoms with Gasteiger partial charge in [0.15, 0.2) is 0 Å². The van der Waals surface area contributed by atoms with Crippen molar-refractivity contribution < 1.29 is 13.9 Å². The van der Waals surface area contributed by atoms with E-state index in [0.29, 0.717) is 12.5 Å². The highest BCUT2D eigenvalue weighted by Crippen LogP contribution is 2.52. The Kier molecular flexibility index (Phi) is 5.02. The number of nitrogens with zero attached hydrogens (tertiary/aromatic N) is 1. The molecule has 6 heteroatoms. The number of carbonyl (C=O) groups is 1. The normalized spacial score (nSPS) is 28.2. The predicted octanol–water partition coefficient (Wildman–Crippen LogP) is 2.54. The van der Waals surface area contributed by atoms with Crippen LogP contribution in [-0.4, -0.2) is 50.3 Å². The molecule has 2 N–H and O–H groups in total. The summed E-state index contributed by atoms with van der Waals surface area (Å²) in [7, 11) is 3.90. The van der Waals surface area contributed by atoms with E-state index in [4.69, 9.17) is 4.74 Å². The van der Waals surface area contributed by atoms with E-state index >= 15 is 0 Å². The van der Waals surface area contributed by atoms with Gasteiger partial charge in [-0.05, 0) is 38.2 Å². The average molecular weight is 349 g/mol. The molecule has 0 radical (unpaired) electrons. The molecule has 0 bridgehead atoms. The summed E-state index contributed by atoms with van der Waals surface area (Å²) < 4.78 is 18.9. The van der Waals surface area contributed by atoms with E-state index in [-0.39, 0.29) is 35.5 Å². The molecule has 4 atom stereocenters. The van der Waals surface area contributed by atoms with Gasteiger partial charge in [-0.2, -0.15) is 0 Å². The van der Waals surface area contributed by atoms with Gasteiger partial charge in [-0.25, -0.2) is 9.18 Å². The summed E-state index contributed by atoms with van der Waals surface area (Å²) >= 11 is 0. The van der Waals surface area contributed by atoms with Crippen molar-refractivity contribution >= 4 is 6.03 Å². The van der Waals surface area contributed by atoms with Gasteiger partial charge in [0.05, 0.1) is 12.1 Å². The van der Waals surface area contributed by atoms with E-state index < -0.39 is 0 Å². The van der Waals surface area contributed by atoms with Crippen molar-refractivity contribution in [2.24, 2.45) is 11.3 Å². The van der Waals surface area contributed by atoms with Gasteiger partial charge in [-0.1, -0.05) is 26.0 Å². The Morgan fingerprint density at radius 1 is 1.36 bits per heavy atom. The molecule has 1 saturated heterocycles. The third kappa shape index (κ3) is 3.51. The first-order valence-electron chi connectivity index (χ1n) is 8.88. The highest BCUT2D eigenvalue weighted by atomic mass is 19.1. The molecule has 2 aliphatic rings. The van der Waals surface area contributed by atoms with Crippen molar-refractivity contribution in [1.82, 2.24) is 15.5 Å². The SMILES string of the molecule is CN(C)[C@H](CNC(=O)N[C@@H]1[C@@H]2CCO[C@H]2C1(C)C)c1ccc(F)cc1. The van der Waals surface area contributed by atoms with Crippen LogP contribution in [0, 0.1) is 17.2 Å². The number of urea groups is 1. The molecule has 0 aromatic heterocycles. The molecule has 2 fully saturated rings. The number of carbonyl (C=O) groups excluding carboxylic acids is 1. The summed E-state index contributed by atoms with van der Waals surface area (Å²) in [6.07, 6.45) is 1.26. The van der Waals surface area contributed by atoms with Crippen molar-refractivity contribution in [1.29, 1.82) is 0 Å². The second-order valence-electron chi connectivity index (χ2n) is 7.93. The Hall–Kier alpha value is -1.66. The molecule has 1 aromatic carbocycles. The summed E-state index contributed by atoms with van der Waals surface area (Å²) in [5, 5.41) is 6.09. The van der Waals surface area contributed by atoms with E-state index in [1.54, 1.807) is 12.1 Å². The van der Waals surface area contributed by atoms with Gasteiger partial charge in [-0.3, -0.25) is 0 Å². The van der Waals surface area contributed by atoms with Crippen LogP contribution in [-0.2, 0) is 4.74 Å². The number of rotatable bonds is 5. The van der Waals surface area contributed by atoms with Crippen LogP contribution in [0.1, 0.15) is 31.9 Å². The molecule has 0 spiro atoms. The molecule has 3 rings (SSSR count). The molecule has 1 saturated carbocycles. The van der Waals surface area contributed by atoms with Crippen molar-refractivity contribution in [2.75, 3.05) is 27.2 Å². The van der Waals surface area contributed by atoms with Crippen LogP contribution in [0.4, 0.5) is 9.18 Å². The number of amides is 2. The lowest BCUT2D eigenvalue weighted by atomic mass is 9.57. The van der Waals surface area contributed by atoms with Gasteiger partial charge in [0, 0.05) is 30.5 Å². The quantitative estimate of drug-likeness (QED) is 0.859. The molecule has 0 unspecified atom stereocenters. The Bertz CT molecular complexity index is 618. The molecular weight excluding hydrogens is 321 g/mol. The van der Waals surface area contributed by atoms with E-state index in [0.717, 1.165) is 18.6 Å². The number of likely N-dealkylation sites (N-methyl/N-ethyl adjacent to an activating group) is 1. The zero-order chi connectivity index (χ0) is 18.2. The van der Waals surface area contributed by atoms with Gasteiger partial charge in [0.2, 0.25) is 0 Å². The summed E-state index contributed by atoms with van der Waals surface area (Å²) in [4.78, 5) is 14.4. The number of halogens is 1. The highest BCUT2D eigenvalue weighted by Gasteiger charge is 2.59. The number of hydrogen-bond donors (Lipinski definition) is 2. The van der Waals surface area contributed by atoms with Crippen LogP contribution in [0.3, 0.4) is 0 Å². The van der Waals surface area contributed by atoms with Gasteiger partial charge in [0.25, 0.3) is 0 Å². The smallest absolute Gasteiger partial charge is 0.315 e. The largest absolute Gasteiger partial charge is 0.377 e. The van der Waals surface area contributed by atoms with Crippen molar-refractivity contribution in [3.8, 4) is 0 Å². The van der Waals surface area contributed by atoms with Crippen molar-refractivity contribution in [2.45, 2.75) is 38.5 Å². The van der Waals surface area contributed by atoms with E-state index in [2.05, 4.69) is 24.5 Å². The fourth-order valence-corrected chi connectivity index (χ4v) is 4.28.